The van der Waals surface area contributed by atoms with Gasteiger partial charge in [-0.25, -0.2) is 0 Å². The summed E-state index contributed by atoms with van der Waals surface area (Å²) >= 11 is 16.8. The molecule has 118 valence electrons. The van der Waals surface area contributed by atoms with Crippen LogP contribution >= 0.6 is 35.4 Å². The van der Waals surface area contributed by atoms with Crippen LogP contribution in [0, 0.1) is 0 Å². The highest BCUT2D eigenvalue weighted by molar-refractivity contribution is 7.82. The van der Waals surface area contributed by atoms with Gasteiger partial charge in [0.05, 0.1) is 23.9 Å². The Balaban J connectivity index is 2.18. The fourth-order valence-corrected chi connectivity index (χ4v) is 2.29. The maximum atomic E-state index is 12.4. The average Bonchev–Trinajstić information content (AvgIpc) is 2.51. The van der Waals surface area contributed by atoms with Crippen LogP contribution in [-0.2, 0) is 9.53 Å². The Hall–Kier alpha value is -1.41. The van der Waals surface area contributed by atoms with Gasteiger partial charge in [0.25, 0.3) is 5.91 Å². The Labute approximate surface area is 143 Å². The van der Waals surface area contributed by atoms with E-state index in [0.717, 1.165) is 0 Å². The minimum Gasteiger partial charge on any atom is -0.388 e. The Kier molecular flexibility index (Phi) is 5.96. The van der Waals surface area contributed by atoms with E-state index in [4.69, 9.17) is 45.9 Å². The van der Waals surface area contributed by atoms with Gasteiger partial charge in [-0.1, -0.05) is 35.4 Å². The Bertz CT molecular complexity index is 618. The van der Waals surface area contributed by atoms with E-state index in [9.17, 15) is 4.79 Å². The molecular weight excluding hydrogens is 347 g/mol. The van der Waals surface area contributed by atoms with Crippen molar-refractivity contribution in [3.05, 3.63) is 28.2 Å². The molecule has 0 saturated carbocycles. The summed E-state index contributed by atoms with van der Waals surface area (Å²) in [5.41, 5.74) is 8.70. The molecular formula is C13H14Cl2N4O2S. The van der Waals surface area contributed by atoms with Crippen molar-refractivity contribution in [3.8, 4) is 0 Å². The molecule has 1 aromatic carbocycles. The van der Waals surface area contributed by atoms with Crippen molar-refractivity contribution < 1.29 is 9.53 Å². The Morgan fingerprint density at radius 1 is 1.36 bits per heavy atom. The van der Waals surface area contributed by atoms with Gasteiger partial charge in [0.2, 0.25) is 0 Å². The van der Waals surface area contributed by atoms with Crippen molar-refractivity contribution in [2.45, 2.75) is 0 Å². The molecule has 3 N–H and O–H groups in total. The van der Waals surface area contributed by atoms with Gasteiger partial charge in [0.1, 0.15) is 4.99 Å². The molecule has 9 heteroatoms. The van der Waals surface area contributed by atoms with Crippen molar-refractivity contribution in [3.63, 3.8) is 0 Å². The number of hydrogen-bond donors (Lipinski definition) is 2. The molecule has 1 aliphatic heterocycles. The van der Waals surface area contributed by atoms with E-state index in [1.165, 1.54) is 0 Å². The molecule has 6 nitrogen and oxygen atoms in total. The maximum Gasteiger partial charge on any atom is 0.277 e. The average molecular weight is 361 g/mol. The number of thiocarbonyl (C=S) groups is 1. The molecule has 0 spiro atoms. The molecule has 2 rings (SSSR count). The molecule has 22 heavy (non-hydrogen) atoms. The van der Waals surface area contributed by atoms with E-state index in [2.05, 4.69) is 10.5 Å². The number of nitrogens with zero attached hydrogens (tertiary/aromatic N) is 2. The second-order valence-electron chi connectivity index (χ2n) is 4.47. The summed E-state index contributed by atoms with van der Waals surface area (Å²) in [6.45, 7) is 1.89. The van der Waals surface area contributed by atoms with Crippen molar-refractivity contribution in [2.75, 3.05) is 31.7 Å². The van der Waals surface area contributed by atoms with E-state index in [1.54, 1.807) is 23.1 Å². The van der Waals surface area contributed by atoms with Crippen LogP contribution < -0.4 is 11.2 Å². The third kappa shape index (κ3) is 4.30. The number of rotatable bonds is 4. The number of ether oxygens (including phenoxy) is 1. The lowest BCUT2D eigenvalue weighted by Gasteiger charge is -2.26. The first-order valence-corrected chi connectivity index (χ1v) is 7.61. The fraction of sp³-hybridized carbons (Fsp3) is 0.308. The normalized spacial score (nSPS) is 15.5. The van der Waals surface area contributed by atoms with Gasteiger partial charge >= 0.3 is 0 Å². The predicted molar refractivity (Wildman–Crippen MR) is 91.7 cm³/mol. The number of benzene rings is 1. The number of carbonyl (C=O) groups is 1. The predicted octanol–water partition coefficient (Wildman–Crippen LogP) is 1.91. The number of anilines is 1. The summed E-state index contributed by atoms with van der Waals surface area (Å²) < 4.78 is 5.20. The number of morpholine rings is 1. The molecule has 1 amide bonds. The van der Waals surface area contributed by atoms with E-state index in [1.807, 2.05) is 0 Å². The van der Waals surface area contributed by atoms with E-state index >= 15 is 0 Å². The Morgan fingerprint density at radius 3 is 2.68 bits per heavy atom. The van der Waals surface area contributed by atoms with Crippen LogP contribution in [0.25, 0.3) is 0 Å². The van der Waals surface area contributed by atoms with E-state index in [-0.39, 0.29) is 16.6 Å². The van der Waals surface area contributed by atoms with Crippen molar-refractivity contribution in [1.29, 1.82) is 0 Å². The molecule has 1 aliphatic rings. The molecule has 0 unspecified atom stereocenters. The van der Waals surface area contributed by atoms with Crippen LogP contribution in [0.15, 0.2) is 23.3 Å². The highest BCUT2D eigenvalue weighted by Gasteiger charge is 2.24. The van der Waals surface area contributed by atoms with Crippen molar-refractivity contribution >= 4 is 57.7 Å². The molecule has 1 fully saturated rings. The minimum atomic E-state index is -0.346. The number of nitrogens with one attached hydrogen (secondary N) is 1. The lowest BCUT2D eigenvalue weighted by atomic mass is 10.3. The standard InChI is InChI=1S/C13H14Cl2N4O2S/c14-8-1-2-9(15)10(7-8)17-18-11(12(16)22)13(20)19-3-5-21-6-4-19/h1-2,7,17H,3-6H2,(H2,16,22)/b18-11-. The lowest BCUT2D eigenvalue weighted by molar-refractivity contribution is -0.127. The van der Waals surface area contributed by atoms with Crippen LogP contribution in [0.3, 0.4) is 0 Å². The highest BCUT2D eigenvalue weighted by atomic mass is 35.5. The molecule has 0 aromatic heterocycles. The Morgan fingerprint density at radius 2 is 2.05 bits per heavy atom. The zero-order chi connectivity index (χ0) is 16.1. The summed E-state index contributed by atoms with van der Waals surface area (Å²) in [7, 11) is 0. The third-order valence-electron chi connectivity index (χ3n) is 2.95. The smallest absolute Gasteiger partial charge is 0.277 e. The number of carbonyl (C=O) groups excluding carboxylic acids is 1. The van der Waals surface area contributed by atoms with Gasteiger partial charge in [-0.2, -0.15) is 5.10 Å². The van der Waals surface area contributed by atoms with Crippen LogP contribution in [0.1, 0.15) is 0 Å². The van der Waals surface area contributed by atoms with Gasteiger partial charge < -0.3 is 15.4 Å². The largest absolute Gasteiger partial charge is 0.388 e. The number of hydrogen-bond acceptors (Lipinski definition) is 5. The van der Waals surface area contributed by atoms with Crippen LogP contribution in [0.4, 0.5) is 5.69 Å². The molecule has 0 aliphatic carbocycles. The molecule has 0 radical (unpaired) electrons. The zero-order valence-electron chi connectivity index (χ0n) is 11.5. The van der Waals surface area contributed by atoms with Gasteiger partial charge in [0.15, 0.2) is 5.71 Å². The number of halogens is 2. The van der Waals surface area contributed by atoms with Crippen LogP contribution in [0.2, 0.25) is 10.0 Å². The number of amides is 1. The summed E-state index contributed by atoms with van der Waals surface area (Å²) in [6, 6.07) is 4.85. The second-order valence-corrected chi connectivity index (χ2v) is 5.75. The van der Waals surface area contributed by atoms with Crippen molar-refractivity contribution in [1.82, 2.24) is 4.90 Å². The summed E-state index contributed by atoms with van der Waals surface area (Å²) in [4.78, 5) is 13.9. The molecule has 1 aromatic rings. The number of hydrazone groups is 1. The molecule has 0 atom stereocenters. The molecule has 1 heterocycles. The minimum absolute atomic E-state index is 0.0343. The van der Waals surface area contributed by atoms with Crippen molar-refractivity contribution in [2.24, 2.45) is 10.8 Å². The SMILES string of the molecule is NC(=S)/C(=N/Nc1cc(Cl)ccc1Cl)C(=O)N1CCOCC1. The number of nitrogens with two attached hydrogens (primary N) is 1. The molecule has 0 bridgehead atoms. The van der Waals surface area contributed by atoms with Gasteiger partial charge in [-0.05, 0) is 18.2 Å². The topological polar surface area (TPSA) is 79.9 Å². The zero-order valence-corrected chi connectivity index (χ0v) is 13.8. The first-order chi connectivity index (χ1) is 10.5. The monoisotopic (exact) mass is 360 g/mol. The van der Waals surface area contributed by atoms with E-state index < -0.39 is 0 Å². The van der Waals surface area contributed by atoms with Crippen LogP contribution in [-0.4, -0.2) is 47.8 Å². The third-order valence-corrected chi connectivity index (χ3v) is 3.71. The molecule has 1 saturated heterocycles. The van der Waals surface area contributed by atoms with Gasteiger partial charge in [0, 0.05) is 18.1 Å². The summed E-state index contributed by atoms with van der Waals surface area (Å²) in [5.74, 6) is -0.346. The first-order valence-electron chi connectivity index (χ1n) is 6.44. The summed E-state index contributed by atoms with van der Waals surface area (Å²) in [6.07, 6.45) is 0. The fourth-order valence-electron chi connectivity index (χ4n) is 1.82. The maximum absolute atomic E-state index is 12.4. The lowest BCUT2D eigenvalue weighted by Crippen LogP contribution is -2.47. The van der Waals surface area contributed by atoms with E-state index in [0.29, 0.717) is 42.0 Å². The van der Waals surface area contributed by atoms with Crippen LogP contribution in [0.5, 0.6) is 0 Å². The second kappa shape index (κ2) is 7.73. The summed E-state index contributed by atoms with van der Waals surface area (Å²) in [5, 5.41) is 4.89. The highest BCUT2D eigenvalue weighted by Crippen LogP contribution is 2.25. The van der Waals surface area contributed by atoms with Gasteiger partial charge in [-0.3, -0.25) is 10.2 Å². The first kappa shape index (κ1) is 17.0. The quantitative estimate of drug-likeness (QED) is 0.487. The van der Waals surface area contributed by atoms with Gasteiger partial charge in [-0.15, -0.1) is 0 Å².